The molecule has 0 saturated carbocycles. The number of aromatic nitrogens is 1. The molecular weight excluding hydrogens is 504 g/mol. The van der Waals surface area contributed by atoms with Crippen LogP contribution in [0.3, 0.4) is 0 Å². The van der Waals surface area contributed by atoms with E-state index >= 15 is 0 Å². The van der Waals surface area contributed by atoms with Crippen LogP contribution in [0.15, 0.2) is 83.4 Å². The van der Waals surface area contributed by atoms with Gasteiger partial charge < -0.3 is 29.8 Å². The molecule has 1 aliphatic heterocycles. The highest BCUT2D eigenvalue weighted by molar-refractivity contribution is 7.80. The van der Waals surface area contributed by atoms with E-state index in [1.807, 2.05) is 41.3 Å². The van der Waals surface area contributed by atoms with Gasteiger partial charge in [-0.1, -0.05) is 18.2 Å². The van der Waals surface area contributed by atoms with Gasteiger partial charge in [0.25, 0.3) is 0 Å². The average Bonchev–Trinajstić information content (AvgIpc) is 3.53. The molecule has 10 heteroatoms. The maximum absolute atomic E-state index is 11.8. The van der Waals surface area contributed by atoms with Crippen LogP contribution in [-0.4, -0.2) is 34.2 Å². The van der Waals surface area contributed by atoms with Gasteiger partial charge in [-0.3, -0.25) is 9.78 Å². The number of amides is 1. The smallest absolute Gasteiger partial charge is 0.335 e. The van der Waals surface area contributed by atoms with Crippen molar-refractivity contribution >= 4 is 40.6 Å². The van der Waals surface area contributed by atoms with Crippen LogP contribution in [0.2, 0.25) is 0 Å². The van der Waals surface area contributed by atoms with Crippen LogP contribution >= 0.6 is 12.2 Å². The Kier molecular flexibility index (Phi) is 6.80. The summed E-state index contributed by atoms with van der Waals surface area (Å²) in [7, 11) is 1.53. The Morgan fingerprint density at radius 3 is 2.66 bits per heavy atom. The number of carboxylic acid groups (broad SMARTS) is 1. The fraction of sp³-hybridized carbons (Fsp3) is 0.143. The first-order valence-electron chi connectivity index (χ1n) is 11.8. The Morgan fingerprint density at radius 1 is 1.11 bits per heavy atom. The maximum atomic E-state index is 11.8. The van der Waals surface area contributed by atoms with Gasteiger partial charge in [-0.15, -0.1) is 0 Å². The molecule has 0 aliphatic carbocycles. The van der Waals surface area contributed by atoms with E-state index in [0.29, 0.717) is 39.3 Å². The van der Waals surface area contributed by atoms with Crippen molar-refractivity contribution in [3.8, 4) is 17.1 Å². The number of methoxy groups -OCH3 is 1. The normalized spacial score (nSPS) is 16.7. The Labute approximate surface area is 224 Å². The number of anilines is 2. The van der Waals surface area contributed by atoms with Crippen LogP contribution in [-0.2, 0) is 4.79 Å². The van der Waals surface area contributed by atoms with Crippen LogP contribution in [0.1, 0.15) is 40.8 Å². The molecule has 0 spiro atoms. The number of carboxylic acids is 1. The molecule has 0 radical (unpaired) electrons. The summed E-state index contributed by atoms with van der Waals surface area (Å²) in [5, 5.41) is 16.0. The summed E-state index contributed by atoms with van der Waals surface area (Å²) in [6, 6.07) is 20.5. The molecule has 1 aliphatic rings. The molecule has 0 unspecified atom stereocenters. The average molecular weight is 529 g/mol. The van der Waals surface area contributed by atoms with Crippen LogP contribution in [0.25, 0.3) is 11.3 Å². The zero-order chi connectivity index (χ0) is 26.8. The van der Waals surface area contributed by atoms with Crippen LogP contribution in [0.4, 0.5) is 11.4 Å². The summed E-state index contributed by atoms with van der Waals surface area (Å²) in [6.45, 7) is 1.43. The van der Waals surface area contributed by atoms with E-state index in [-0.39, 0.29) is 17.5 Å². The molecule has 3 N–H and O–H groups in total. The van der Waals surface area contributed by atoms with Crippen molar-refractivity contribution in [1.82, 2.24) is 10.3 Å². The standard InChI is InChI=1S/C28H24N4O5S/c1-16(33)30-21-15-19(9-10-23(21)36-2)32-26(25(31-28(32)38)20-8-3-4-13-29-20)24-12-11-22(37-24)17-6-5-7-18(14-17)27(34)35/h3-15,25-26H,1-2H3,(H,30,33)(H,31,38)(H,34,35)/t25-,26+/m1/s1. The number of carbonyl (C=O) groups excluding carboxylic acids is 1. The molecule has 1 saturated heterocycles. The molecule has 0 bridgehead atoms. The topological polar surface area (TPSA) is 117 Å². The summed E-state index contributed by atoms with van der Waals surface area (Å²) in [6.07, 6.45) is 1.72. The van der Waals surface area contributed by atoms with Crippen LogP contribution in [0, 0.1) is 0 Å². The number of furan rings is 1. The van der Waals surface area contributed by atoms with Crippen LogP contribution < -0.4 is 20.3 Å². The van der Waals surface area contributed by atoms with E-state index in [1.54, 1.807) is 36.5 Å². The third kappa shape index (κ3) is 4.81. The van der Waals surface area contributed by atoms with Gasteiger partial charge in [-0.25, -0.2) is 4.79 Å². The highest BCUT2D eigenvalue weighted by atomic mass is 32.1. The lowest BCUT2D eigenvalue weighted by molar-refractivity contribution is -0.114. The van der Waals surface area contributed by atoms with Crippen molar-refractivity contribution in [3.05, 3.63) is 96.0 Å². The Bertz CT molecular complexity index is 1520. The molecule has 4 aromatic rings. The monoisotopic (exact) mass is 528 g/mol. The van der Waals surface area contributed by atoms with Gasteiger partial charge in [0.2, 0.25) is 5.91 Å². The van der Waals surface area contributed by atoms with Crippen LogP contribution in [0.5, 0.6) is 5.75 Å². The summed E-state index contributed by atoms with van der Waals surface area (Å²) in [4.78, 5) is 29.8. The zero-order valence-electron chi connectivity index (χ0n) is 20.5. The molecule has 2 aromatic heterocycles. The second-order valence-corrected chi connectivity index (χ2v) is 9.04. The van der Waals surface area contributed by atoms with E-state index in [4.69, 9.17) is 21.4 Å². The second kappa shape index (κ2) is 10.3. The number of ether oxygens (including phenoxy) is 1. The number of nitrogens with zero attached hydrogens (tertiary/aromatic N) is 2. The highest BCUT2D eigenvalue weighted by Gasteiger charge is 2.42. The van der Waals surface area contributed by atoms with Gasteiger partial charge in [0.05, 0.1) is 30.1 Å². The van der Waals surface area contributed by atoms with E-state index in [2.05, 4.69) is 15.6 Å². The molecule has 2 atom stereocenters. The minimum atomic E-state index is -1.01. The molecule has 1 fully saturated rings. The van der Waals surface area contributed by atoms with Crippen molar-refractivity contribution in [2.75, 3.05) is 17.3 Å². The van der Waals surface area contributed by atoms with Crippen molar-refractivity contribution in [2.45, 2.75) is 19.0 Å². The number of aromatic carboxylic acids is 1. The van der Waals surface area contributed by atoms with E-state index in [0.717, 1.165) is 5.69 Å². The number of benzene rings is 2. The van der Waals surface area contributed by atoms with Gasteiger partial charge in [-0.05, 0) is 66.8 Å². The SMILES string of the molecule is COc1ccc(N2C(=S)N[C@H](c3ccccn3)[C@@H]2c2ccc(-c3cccc(C(=O)O)c3)o2)cc1NC(C)=O. The molecule has 2 aromatic carbocycles. The summed E-state index contributed by atoms with van der Waals surface area (Å²) in [5.41, 5.74) is 2.79. The number of rotatable bonds is 7. The van der Waals surface area contributed by atoms with Gasteiger partial charge in [0.15, 0.2) is 5.11 Å². The van der Waals surface area contributed by atoms with E-state index in [1.165, 1.54) is 20.1 Å². The first-order valence-corrected chi connectivity index (χ1v) is 12.2. The van der Waals surface area contributed by atoms with Gasteiger partial charge in [0.1, 0.15) is 23.3 Å². The fourth-order valence-electron chi connectivity index (χ4n) is 4.53. The molecule has 5 rings (SSSR count). The minimum Gasteiger partial charge on any atom is -0.495 e. The van der Waals surface area contributed by atoms with Gasteiger partial charge >= 0.3 is 5.97 Å². The summed E-state index contributed by atoms with van der Waals surface area (Å²) < 4.78 is 11.7. The lowest BCUT2D eigenvalue weighted by Gasteiger charge is -2.27. The minimum absolute atomic E-state index is 0.167. The number of thiocarbonyl (C=S) groups is 1. The number of hydrogen-bond donors (Lipinski definition) is 3. The predicted octanol–water partition coefficient (Wildman–Crippen LogP) is 5.18. The number of pyridine rings is 1. The largest absolute Gasteiger partial charge is 0.495 e. The fourth-order valence-corrected chi connectivity index (χ4v) is 4.87. The van der Waals surface area contributed by atoms with Crippen molar-refractivity contribution < 1.29 is 23.8 Å². The van der Waals surface area contributed by atoms with Gasteiger partial charge in [-0.2, -0.15) is 0 Å². The quantitative estimate of drug-likeness (QED) is 0.279. The first-order chi connectivity index (χ1) is 18.4. The maximum Gasteiger partial charge on any atom is 0.335 e. The molecule has 38 heavy (non-hydrogen) atoms. The lowest BCUT2D eigenvalue weighted by atomic mass is 10.0. The molecule has 1 amide bonds. The third-order valence-corrected chi connectivity index (χ3v) is 6.50. The third-order valence-electron chi connectivity index (χ3n) is 6.18. The first kappa shape index (κ1) is 25.0. The Morgan fingerprint density at radius 2 is 1.95 bits per heavy atom. The number of nitrogens with one attached hydrogen (secondary N) is 2. The molecular formula is C28H24N4O5S. The summed E-state index contributed by atoms with van der Waals surface area (Å²) in [5.74, 6) is 0.387. The number of carbonyl (C=O) groups is 2. The second-order valence-electron chi connectivity index (χ2n) is 8.65. The number of hydrogen-bond acceptors (Lipinski definition) is 6. The van der Waals surface area contributed by atoms with Crippen molar-refractivity contribution in [3.63, 3.8) is 0 Å². The Balaban J connectivity index is 1.60. The molecule has 192 valence electrons. The molecule has 9 nitrogen and oxygen atoms in total. The zero-order valence-corrected chi connectivity index (χ0v) is 21.4. The molecule has 3 heterocycles. The van der Waals surface area contributed by atoms with E-state index in [9.17, 15) is 14.7 Å². The van der Waals surface area contributed by atoms with E-state index < -0.39 is 12.0 Å². The predicted molar refractivity (Wildman–Crippen MR) is 146 cm³/mol. The highest BCUT2D eigenvalue weighted by Crippen LogP contribution is 2.44. The van der Waals surface area contributed by atoms with Crippen molar-refractivity contribution in [2.24, 2.45) is 0 Å². The summed E-state index contributed by atoms with van der Waals surface area (Å²) >= 11 is 5.78. The van der Waals surface area contributed by atoms with Gasteiger partial charge in [0, 0.05) is 24.4 Å². The Hall–Kier alpha value is -4.70. The van der Waals surface area contributed by atoms with Crippen molar-refractivity contribution in [1.29, 1.82) is 0 Å². The lowest BCUT2D eigenvalue weighted by Crippen LogP contribution is -2.29.